The molecule has 0 N–H and O–H groups in total. The molecule has 9 aromatic rings. The van der Waals surface area contributed by atoms with Gasteiger partial charge in [0.2, 0.25) is 18.3 Å². The van der Waals surface area contributed by atoms with E-state index in [0.717, 1.165) is 19.8 Å². The van der Waals surface area contributed by atoms with E-state index in [0.29, 0.717) is 25.7 Å². The summed E-state index contributed by atoms with van der Waals surface area (Å²) in [7, 11) is -15.8. The van der Waals surface area contributed by atoms with Crippen LogP contribution in [0.2, 0.25) is 0 Å². The summed E-state index contributed by atoms with van der Waals surface area (Å²) in [6.07, 6.45) is -19.8. The summed E-state index contributed by atoms with van der Waals surface area (Å²) >= 11 is 0. The van der Waals surface area contributed by atoms with Gasteiger partial charge in [0.25, 0.3) is 0 Å². The summed E-state index contributed by atoms with van der Waals surface area (Å²) in [5, 5.41) is 0. The van der Waals surface area contributed by atoms with Gasteiger partial charge in [0.05, 0.1) is 91.1 Å². The Hall–Kier alpha value is -10.3. The van der Waals surface area contributed by atoms with Gasteiger partial charge < -0.3 is 37.3 Å². The summed E-state index contributed by atoms with van der Waals surface area (Å²) in [6.45, 7) is 27.7. The zero-order chi connectivity index (χ0) is 102. The maximum absolute atomic E-state index is 13.2. The lowest BCUT2D eigenvalue weighted by Gasteiger charge is -2.59. The van der Waals surface area contributed by atoms with Crippen molar-refractivity contribution in [2.45, 2.75) is 242 Å². The molecule has 746 valence electrons. The third-order valence-corrected chi connectivity index (χ3v) is 33.0. The monoisotopic (exact) mass is 2040 g/mol. The molecule has 8 aliphatic carbocycles. The van der Waals surface area contributed by atoms with Crippen molar-refractivity contribution in [3.05, 3.63) is 308 Å². The molecule has 8 fully saturated rings. The Morgan fingerprint density at radius 1 is 0.324 bits per heavy atom. The molecule has 0 radical (unpaired) electrons. The zero-order valence-electron chi connectivity index (χ0n) is 78.2. The van der Waals surface area contributed by atoms with Crippen molar-refractivity contribution in [2.75, 3.05) is 17.3 Å². The van der Waals surface area contributed by atoms with Crippen LogP contribution in [-0.2, 0) is 122 Å². The Morgan fingerprint density at radius 2 is 0.518 bits per heavy atom. The Bertz CT molecular complexity index is 5550. The highest BCUT2D eigenvalue weighted by atomic mass is 32.2. The van der Waals surface area contributed by atoms with Crippen molar-refractivity contribution in [2.24, 2.45) is 34.5 Å². The number of alkyl halides is 9. The molecule has 0 saturated heterocycles. The normalized spacial score (nSPS) is 21.4. The third-order valence-electron chi connectivity index (χ3n) is 24.2. The average Bonchev–Trinajstić information content (AvgIpc) is 0.716. The number of ether oxygens (including phenoxy) is 5. The second kappa shape index (κ2) is 45.7. The van der Waals surface area contributed by atoms with Crippen LogP contribution in [-0.4, -0.2) is 134 Å². The number of rotatable bonds is 25. The van der Waals surface area contributed by atoms with Crippen LogP contribution in [0.5, 0.6) is 0 Å². The maximum Gasteiger partial charge on any atom is 0.426 e. The fourth-order valence-corrected chi connectivity index (χ4v) is 27.0. The van der Waals surface area contributed by atoms with Crippen molar-refractivity contribution in [3.63, 3.8) is 0 Å². The number of hydrogen-bond donors (Lipinski definition) is 0. The van der Waals surface area contributed by atoms with Gasteiger partial charge in [-0.15, -0.1) is 0 Å². The van der Waals surface area contributed by atoms with Crippen LogP contribution >= 0.6 is 0 Å². The summed E-state index contributed by atoms with van der Waals surface area (Å²) in [5.41, 5.74) is -1.41. The van der Waals surface area contributed by atoms with Gasteiger partial charge in [-0.2, -0.15) is 39.5 Å². The largest absolute Gasteiger partial charge is 0.748 e. The van der Waals surface area contributed by atoms with E-state index in [2.05, 4.69) is 336 Å². The van der Waals surface area contributed by atoms with Crippen LogP contribution in [0.15, 0.2) is 341 Å². The Kier molecular flexibility index (Phi) is 36.4. The predicted molar refractivity (Wildman–Crippen MR) is 510 cm³/mol. The van der Waals surface area contributed by atoms with Gasteiger partial charge in [-0.1, -0.05) is 213 Å². The van der Waals surface area contributed by atoms with Crippen LogP contribution in [0.4, 0.5) is 39.5 Å². The van der Waals surface area contributed by atoms with Crippen molar-refractivity contribution < 1.29 is 126 Å². The van der Waals surface area contributed by atoms with E-state index in [9.17, 15) is 102 Å². The molecular formula is C105H113F9O19S6. The summed E-state index contributed by atoms with van der Waals surface area (Å²) in [6, 6.07) is 93.6. The molecule has 34 heteroatoms. The van der Waals surface area contributed by atoms with E-state index < -0.39 is 136 Å². The predicted octanol–water partition coefficient (Wildman–Crippen LogP) is 22.5. The van der Waals surface area contributed by atoms with E-state index in [-0.39, 0.29) is 122 Å². The smallest absolute Gasteiger partial charge is 0.426 e. The first kappa shape index (κ1) is 111. The van der Waals surface area contributed by atoms with E-state index in [1.165, 1.54) is 69.0 Å². The zero-order valence-corrected chi connectivity index (χ0v) is 83.1. The maximum atomic E-state index is 13.2. The first-order chi connectivity index (χ1) is 64.8. The third kappa shape index (κ3) is 31.6. The van der Waals surface area contributed by atoms with Gasteiger partial charge in [0.15, 0.2) is 44.1 Å². The molecule has 0 aromatic heterocycles. The standard InChI is InChI=1S/C26H31S.2C18H23F3O7S.2C18H15S.C7H9F3O5S/c1-25(2,3)20-12-16-23(17-13-20)27(22-10-8-7-9-11-22)24-18-14-21(15-19-24)26(4,5)6;2*1-10(2)14(22)28-17-6-11-3-12(7-17)5-16(4-11,9-17)15(23)27-13(18(19,20)21)8-29(24,25)26;2*1-4-10-16(11-5-1)19(17-12-6-2-7-13-17)18-14-8-3-9-15-18;1-4(2)6(11)15-5(7(8,9)10)3-16(12,13)14/h7-19H,1-6H3;2*11-13H,1,3-9H2,2H3,(H,24,25,26);2*1-15H;5H,1,3H2,2H3,(H,12,13,14)/q+1;;;2*+1;/p-3. The van der Waals surface area contributed by atoms with Crippen molar-refractivity contribution in [1.29, 1.82) is 0 Å². The van der Waals surface area contributed by atoms with Crippen LogP contribution < -0.4 is 0 Å². The molecule has 9 aromatic carbocycles. The molecule has 0 aliphatic heterocycles. The summed E-state index contributed by atoms with van der Waals surface area (Å²) < 4.78 is 235. The molecule has 8 aliphatic rings. The number of hydrogen-bond acceptors (Lipinski definition) is 19. The minimum absolute atomic E-state index is 0.0134. The first-order valence-corrected chi connectivity index (χ1v) is 53.0. The van der Waals surface area contributed by atoms with E-state index in [1.54, 1.807) is 0 Å². The molecule has 0 heterocycles. The van der Waals surface area contributed by atoms with E-state index in [1.807, 2.05) is 0 Å². The fourth-order valence-electron chi connectivity index (χ4n) is 18.8. The summed E-state index contributed by atoms with van der Waals surface area (Å²) in [5.74, 6) is -10.7. The van der Waals surface area contributed by atoms with Crippen LogP contribution in [0.25, 0.3) is 0 Å². The van der Waals surface area contributed by atoms with E-state index in [4.69, 9.17) is 9.47 Å². The van der Waals surface area contributed by atoms with Crippen molar-refractivity contribution in [1.82, 2.24) is 0 Å². The molecule has 8 saturated carbocycles. The van der Waals surface area contributed by atoms with Gasteiger partial charge >= 0.3 is 48.4 Å². The highest BCUT2D eigenvalue weighted by Gasteiger charge is 2.66. The topological polar surface area (TPSA) is 303 Å². The molecule has 0 amide bonds. The molecule has 17 rings (SSSR count). The van der Waals surface area contributed by atoms with E-state index >= 15 is 0 Å². The number of esters is 5. The van der Waals surface area contributed by atoms with Crippen LogP contribution in [0.3, 0.4) is 0 Å². The average molecular weight is 2040 g/mol. The number of carbonyl (C=O) groups excluding carboxylic acids is 5. The molecule has 8 bridgehead atoms. The quantitative estimate of drug-likeness (QED) is 0.0128. The van der Waals surface area contributed by atoms with Gasteiger partial charge in [-0.05, 0) is 240 Å². The Labute approximate surface area is 815 Å². The molecule has 19 nitrogen and oxygen atoms in total. The summed E-state index contributed by atoms with van der Waals surface area (Å²) in [4.78, 5) is 72.9. The minimum atomic E-state index is -5.27. The first-order valence-electron chi connectivity index (χ1n) is 44.6. The van der Waals surface area contributed by atoms with Gasteiger partial charge in [-0.3, -0.25) is 9.59 Å². The highest BCUT2D eigenvalue weighted by Crippen LogP contribution is 2.65. The SMILES string of the molecule is C=C(C)C(=O)OC(CS(=O)(=O)[O-])C(F)(F)F.C=C(C)C(=O)OC12CC3CC(C1)CC(C(=O)OC(CS(=O)(=O)[O-])C(F)(F)F)(C3)C2.C=C(C)C(=O)OC12CC3CC(C1)CC(C(=O)OC(CS(=O)(=O)[O-])C(F)(F)F)(C3)C2.CC(C)(C)c1ccc([S+](c2ccccc2)c2ccc(C(C)(C)C)cc2)cc1.c1ccc([S+](c2ccccc2)c2ccccc2)cc1.c1ccc([S+](c2ccccc2)c2ccccc2)cc1. The van der Waals surface area contributed by atoms with Crippen LogP contribution in [0.1, 0.15) is 150 Å². The number of carbonyl (C=O) groups is 5. The Morgan fingerprint density at radius 3 is 0.698 bits per heavy atom. The van der Waals surface area contributed by atoms with Crippen LogP contribution in [0, 0.1) is 34.5 Å². The lowest BCUT2D eigenvalue weighted by Crippen LogP contribution is -2.60. The second-order valence-electron chi connectivity index (χ2n) is 38.1. The minimum Gasteiger partial charge on any atom is -0.748 e. The molecular weight excluding hydrogens is 1930 g/mol. The molecule has 7 atom stereocenters. The lowest BCUT2D eigenvalue weighted by atomic mass is 9.48. The van der Waals surface area contributed by atoms with Crippen molar-refractivity contribution in [3.8, 4) is 0 Å². The van der Waals surface area contributed by atoms with Crippen molar-refractivity contribution >= 4 is 92.9 Å². The molecule has 139 heavy (non-hydrogen) atoms. The molecule has 7 unspecified atom stereocenters. The van der Waals surface area contributed by atoms with Gasteiger partial charge in [0.1, 0.15) is 11.2 Å². The highest BCUT2D eigenvalue weighted by molar-refractivity contribution is 7.97. The lowest BCUT2D eigenvalue weighted by molar-refractivity contribution is -0.237. The second-order valence-corrected chi connectivity index (χ2v) is 48.5. The number of halogens is 9. The van der Waals surface area contributed by atoms with Gasteiger partial charge in [-0.25, -0.2) is 39.6 Å². The molecule has 0 spiro atoms. The fraction of sp³-hybridized carbons (Fsp3) is 0.381. The van der Waals surface area contributed by atoms with Gasteiger partial charge in [0, 0.05) is 29.6 Å². The number of benzene rings is 9. The Balaban J connectivity index is 0.000000174.